The van der Waals surface area contributed by atoms with Crippen LogP contribution >= 0.6 is 0 Å². The van der Waals surface area contributed by atoms with E-state index >= 15 is 0 Å². The van der Waals surface area contributed by atoms with Crippen molar-refractivity contribution in [3.05, 3.63) is 30.5 Å². The number of hydrogen-bond donors (Lipinski definition) is 3. The molecule has 1 aromatic heterocycles. The van der Waals surface area contributed by atoms with Gasteiger partial charge in [-0.15, -0.1) is 0 Å². The van der Waals surface area contributed by atoms with Crippen LogP contribution in [0, 0.1) is 0 Å². The number of rotatable bonds is 4. The van der Waals surface area contributed by atoms with Crippen molar-refractivity contribution < 1.29 is 4.79 Å². The van der Waals surface area contributed by atoms with E-state index in [1.54, 1.807) is 0 Å². The van der Waals surface area contributed by atoms with E-state index in [9.17, 15) is 4.79 Å². The van der Waals surface area contributed by atoms with Crippen molar-refractivity contribution in [1.82, 2.24) is 4.98 Å². The van der Waals surface area contributed by atoms with Crippen molar-refractivity contribution in [3.8, 4) is 0 Å². The lowest BCUT2D eigenvalue weighted by Crippen LogP contribution is -2.26. The van der Waals surface area contributed by atoms with Gasteiger partial charge in [-0.2, -0.15) is 0 Å². The number of hydrogen-bond acceptors (Lipinski definition) is 2. The minimum Gasteiger partial charge on any atom is -0.361 e. The fourth-order valence-corrected chi connectivity index (χ4v) is 1.73. The summed E-state index contributed by atoms with van der Waals surface area (Å²) < 4.78 is 0. The second-order valence-corrected chi connectivity index (χ2v) is 4.20. The lowest BCUT2D eigenvalue weighted by atomic mass is 10.1. The minimum atomic E-state index is -0.0639. The highest BCUT2D eigenvalue weighted by molar-refractivity contribution is 5.94. The lowest BCUT2D eigenvalue weighted by molar-refractivity contribution is -0.116. The van der Waals surface area contributed by atoms with E-state index in [0.717, 1.165) is 23.0 Å². The van der Waals surface area contributed by atoms with Gasteiger partial charge in [0.05, 0.1) is 0 Å². The fourth-order valence-electron chi connectivity index (χ4n) is 1.73. The highest BCUT2D eigenvalue weighted by Gasteiger charge is 2.08. The van der Waals surface area contributed by atoms with Gasteiger partial charge in [-0.05, 0) is 30.7 Å². The van der Waals surface area contributed by atoms with Crippen LogP contribution in [-0.4, -0.2) is 16.9 Å². The molecule has 17 heavy (non-hydrogen) atoms. The van der Waals surface area contributed by atoms with Gasteiger partial charge < -0.3 is 16.0 Å². The Kier molecular flexibility index (Phi) is 3.44. The van der Waals surface area contributed by atoms with Crippen LogP contribution in [-0.2, 0) is 4.79 Å². The Labute approximate surface area is 100 Å². The SMILES string of the molecule is CCC(N)CC(=O)Nc1ccc2[nH]ccc2c1. The van der Waals surface area contributed by atoms with Crippen LogP contribution in [0.1, 0.15) is 19.8 Å². The van der Waals surface area contributed by atoms with Crippen LogP contribution in [0.3, 0.4) is 0 Å². The largest absolute Gasteiger partial charge is 0.361 e. The molecule has 4 nitrogen and oxygen atoms in total. The molecule has 0 bridgehead atoms. The molecule has 4 heteroatoms. The molecule has 0 spiro atoms. The van der Waals surface area contributed by atoms with Crippen molar-refractivity contribution in [2.24, 2.45) is 5.73 Å². The average Bonchev–Trinajstić information content (AvgIpc) is 2.75. The molecule has 1 heterocycles. The number of H-pyrrole nitrogens is 1. The Morgan fingerprint density at radius 1 is 1.47 bits per heavy atom. The average molecular weight is 231 g/mol. The number of aromatic amines is 1. The maximum Gasteiger partial charge on any atom is 0.225 e. The molecule has 0 saturated heterocycles. The Balaban J connectivity index is 2.05. The molecule has 1 amide bonds. The van der Waals surface area contributed by atoms with Crippen molar-refractivity contribution in [3.63, 3.8) is 0 Å². The van der Waals surface area contributed by atoms with Crippen LogP contribution in [0.2, 0.25) is 0 Å². The molecule has 4 N–H and O–H groups in total. The molecular formula is C13H17N3O. The monoisotopic (exact) mass is 231 g/mol. The number of carbonyl (C=O) groups is 1. The summed E-state index contributed by atoms with van der Waals surface area (Å²) in [5.74, 6) is -0.0331. The van der Waals surface area contributed by atoms with E-state index in [4.69, 9.17) is 5.73 Å². The number of amides is 1. The first-order chi connectivity index (χ1) is 8.19. The highest BCUT2D eigenvalue weighted by Crippen LogP contribution is 2.17. The molecular weight excluding hydrogens is 214 g/mol. The summed E-state index contributed by atoms with van der Waals surface area (Å²) in [6.45, 7) is 1.98. The maximum atomic E-state index is 11.7. The van der Waals surface area contributed by atoms with Gasteiger partial charge in [-0.3, -0.25) is 4.79 Å². The van der Waals surface area contributed by atoms with Gasteiger partial charge >= 0.3 is 0 Å². The second-order valence-electron chi connectivity index (χ2n) is 4.20. The first kappa shape index (κ1) is 11.7. The van der Waals surface area contributed by atoms with Gasteiger partial charge in [0.25, 0.3) is 0 Å². The van der Waals surface area contributed by atoms with Gasteiger partial charge in [0.2, 0.25) is 5.91 Å². The molecule has 0 saturated carbocycles. The molecule has 2 rings (SSSR count). The Morgan fingerprint density at radius 2 is 2.29 bits per heavy atom. The smallest absolute Gasteiger partial charge is 0.225 e. The number of nitrogens with two attached hydrogens (primary N) is 1. The normalized spacial score (nSPS) is 12.6. The van der Waals surface area contributed by atoms with Gasteiger partial charge in [0.15, 0.2) is 0 Å². The molecule has 1 unspecified atom stereocenters. The Morgan fingerprint density at radius 3 is 3.06 bits per heavy atom. The molecule has 0 aliphatic heterocycles. The molecule has 1 aromatic carbocycles. The third-order valence-electron chi connectivity index (χ3n) is 2.81. The zero-order valence-corrected chi connectivity index (χ0v) is 9.86. The summed E-state index contributed by atoms with van der Waals surface area (Å²) in [5, 5.41) is 3.94. The molecule has 0 fully saturated rings. The van der Waals surface area contributed by atoms with Crippen molar-refractivity contribution in [2.75, 3.05) is 5.32 Å². The molecule has 0 radical (unpaired) electrons. The zero-order valence-electron chi connectivity index (χ0n) is 9.86. The number of aromatic nitrogens is 1. The third kappa shape index (κ3) is 2.85. The minimum absolute atomic E-state index is 0.0331. The third-order valence-corrected chi connectivity index (χ3v) is 2.81. The topological polar surface area (TPSA) is 70.9 Å². The second kappa shape index (κ2) is 5.01. The number of carbonyl (C=O) groups excluding carboxylic acids is 1. The van der Waals surface area contributed by atoms with Crippen LogP contribution < -0.4 is 11.1 Å². The summed E-state index contributed by atoms with van der Waals surface area (Å²) >= 11 is 0. The first-order valence-electron chi connectivity index (χ1n) is 5.81. The summed E-state index contributed by atoms with van der Waals surface area (Å²) in [4.78, 5) is 14.8. The Hall–Kier alpha value is -1.81. The van der Waals surface area contributed by atoms with Crippen LogP contribution in [0.4, 0.5) is 5.69 Å². The molecule has 0 aliphatic carbocycles. The van der Waals surface area contributed by atoms with Gasteiger partial charge in [-0.25, -0.2) is 0 Å². The predicted molar refractivity (Wildman–Crippen MR) is 69.8 cm³/mol. The van der Waals surface area contributed by atoms with Crippen LogP contribution in [0.15, 0.2) is 30.5 Å². The van der Waals surface area contributed by atoms with Crippen molar-refractivity contribution in [2.45, 2.75) is 25.8 Å². The van der Waals surface area contributed by atoms with Crippen molar-refractivity contribution >= 4 is 22.5 Å². The summed E-state index contributed by atoms with van der Waals surface area (Å²) in [6, 6.07) is 7.69. The quantitative estimate of drug-likeness (QED) is 0.755. The van der Waals surface area contributed by atoms with E-state index < -0.39 is 0 Å². The summed E-state index contributed by atoms with van der Waals surface area (Å²) in [7, 11) is 0. The molecule has 0 aliphatic rings. The van der Waals surface area contributed by atoms with Crippen LogP contribution in [0.5, 0.6) is 0 Å². The standard InChI is InChI=1S/C13H17N3O/c1-2-10(14)8-13(17)16-11-3-4-12-9(7-11)5-6-15-12/h3-7,10,15H,2,8,14H2,1H3,(H,16,17). The van der Waals surface area contributed by atoms with E-state index in [0.29, 0.717) is 6.42 Å². The number of benzene rings is 1. The molecule has 1 atom stereocenters. The summed E-state index contributed by atoms with van der Waals surface area (Å²) in [5.41, 5.74) is 7.61. The van der Waals surface area contributed by atoms with Gasteiger partial charge in [0, 0.05) is 35.2 Å². The van der Waals surface area contributed by atoms with E-state index in [1.165, 1.54) is 0 Å². The molecule has 2 aromatic rings. The van der Waals surface area contributed by atoms with Gasteiger partial charge in [-0.1, -0.05) is 6.92 Å². The van der Waals surface area contributed by atoms with E-state index in [1.807, 2.05) is 37.4 Å². The van der Waals surface area contributed by atoms with Crippen molar-refractivity contribution in [1.29, 1.82) is 0 Å². The van der Waals surface area contributed by atoms with E-state index in [2.05, 4.69) is 10.3 Å². The number of fused-ring (bicyclic) bond motifs is 1. The maximum absolute atomic E-state index is 11.7. The van der Waals surface area contributed by atoms with E-state index in [-0.39, 0.29) is 11.9 Å². The van der Waals surface area contributed by atoms with Gasteiger partial charge in [0.1, 0.15) is 0 Å². The zero-order chi connectivity index (χ0) is 12.3. The summed E-state index contributed by atoms with van der Waals surface area (Å²) in [6.07, 6.45) is 3.05. The lowest BCUT2D eigenvalue weighted by Gasteiger charge is -2.09. The first-order valence-corrected chi connectivity index (χ1v) is 5.81. The predicted octanol–water partition coefficient (Wildman–Crippen LogP) is 2.23. The Bertz CT molecular complexity index is 518. The molecule has 90 valence electrons. The van der Waals surface area contributed by atoms with Crippen LogP contribution in [0.25, 0.3) is 10.9 Å². The highest BCUT2D eigenvalue weighted by atomic mass is 16.1. The number of anilines is 1. The fraction of sp³-hybridized carbons (Fsp3) is 0.308. The number of nitrogens with one attached hydrogen (secondary N) is 2.